The van der Waals surface area contributed by atoms with Crippen LogP contribution in [-0.2, 0) is 0 Å². The molecule has 0 spiro atoms. The van der Waals surface area contributed by atoms with Crippen LogP contribution in [0.1, 0.15) is 109 Å². The van der Waals surface area contributed by atoms with Gasteiger partial charge in [0.25, 0.3) is 0 Å². The van der Waals surface area contributed by atoms with Crippen molar-refractivity contribution in [1.29, 1.82) is 0 Å². The first-order chi connectivity index (χ1) is 19.5. The lowest BCUT2D eigenvalue weighted by Gasteiger charge is -2.29. The molecule has 0 N–H and O–H groups in total. The number of benzene rings is 3. The summed E-state index contributed by atoms with van der Waals surface area (Å²) < 4.78 is 50.1. The Morgan fingerprint density at radius 2 is 1.30 bits per heavy atom. The summed E-state index contributed by atoms with van der Waals surface area (Å²) in [4.78, 5) is 0. The predicted molar refractivity (Wildman–Crippen MR) is 160 cm³/mol. The van der Waals surface area contributed by atoms with Gasteiger partial charge in [0.15, 0.2) is 11.6 Å². The predicted octanol–water partition coefficient (Wildman–Crippen LogP) is 11.6. The second-order valence-electron chi connectivity index (χ2n) is 11.5. The molecule has 3 aromatic carbocycles. The third-order valence-electron chi connectivity index (χ3n) is 8.58. The molecule has 216 valence electrons. The van der Waals surface area contributed by atoms with E-state index in [-0.39, 0.29) is 17.1 Å². The number of hydrogen-bond acceptors (Lipinski definition) is 1. The zero-order valence-corrected chi connectivity index (χ0v) is 24.3. The highest BCUT2D eigenvalue weighted by Gasteiger charge is 2.24. The molecule has 40 heavy (non-hydrogen) atoms. The highest BCUT2D eigenvalue weighted by molar-refractivity contribution is 5.71. The molecule has 3 aromatic rings. The Labute approximate surface area is 239 Å². The van der Waals surface area contributed by atoms with Crippen molar-refractivity contribution in [3.63, 3.8) is 0 Å². The minimum atomic E-state index is -0.961. The summed E-state index contributed by atoms with van der Waals surface area (Å²) >= 11 is 0. The van der Waals surface area contributed by atoms with E-state index >= 15 is 4.39 Å². The van der Waals surface area contributed by atoms with E-state index < -0.39 is 11.6 Å². The molecule has 1 fully saturated rings. The fourth-order valence-electron chi connectivity index (χ4n) is 6.08. The summed E-state index contributed by atoms with van der Waals surface area (Å²) in [6.45, 7) is 4.70. The summed E-state index contributed by atoms with van der Waals surface area (Å²) in [5.41, 5.74) is 3.21. The molecule has 4 rings (SSSR count). The Hall–Kier alpha value is -2.75. The van der Waals surface area contributed by atoms with E-state index in [1.807, 2.05) is 24.3 Å². The summed E-state index contributed by atoms with van der Waals surface area (Å²) in [5, 5.41) is 0. The van der Waals surface area contributed by atoms with Crippen LogP contribution in [0.25, 0.3) is 22.3 Å². The molecule has 0 saturated heterocycles. The fourth-order valence-corrected chi connectivity index (χ4v) is 6.08. The van der Waals surface area contributed by atoms with E-state index in [1.165, 1.54) is 57.4 Å². The lowest BCUT2D eigenvalue weighted by Crippen LogP contribution is -2.14. The van der Waals surface area contributed by atoms with E-state index in [0.717, 1.165) is 54.7 Å². The first-order valence-corrected chi connectivity index (χ1v) is 15.5. The molecular formula is C36H45F3O. The van der Waals surface area contributed by atoms with Crippen LogP contribution in [0.4, 0.5) is 13.2 Å². The van der Waals surface area contributed by atoms with Gasteiger partial charge in [0.1, 0.15) is 5.82 Å². The molecule has 0 radical (unpaired) electrons. The number of ether oxygens (including phenoxy) is 1. The summed E-state index contributed by atoms with van der Waals surface area (Å²) in [7, 11) is 0. The van der Waals surface area contributed by atoms with E-state index in [9.17, 15) is 8.78 Å². The molecule has 0 bridgehead atoms. The first-order valence-electron chi connectivity index (χ1n) is 15.5. The molecule has 0 aromatic heterocycles. The van der Waals surface area contributed by atoms with Gasteiger partial charge in [-0.25, -0.2) is 8.78 Å². The normalized spacial score (nSPS) is 17.2. The zero-order valence-electron chi connectivity index (χ0n) is 24.3. The van der Waals surface area contributed by atoms with Crippen molar-refractivity contribution in [2.45, 2.75) is 103 Å². The largest absolute Gasteiger partial charge is 0.490 e. The molecule has 1 nitrogen and oxygen atoms in total. The topological polar surface area (TPSA) is 9.23 Å². The van der Waals surface area contributed by atoms with Crippen LogP contribution in [0.2, 0.25) is 0 Å². The number of halogens is 3. The average Bonchev–Trinajstić information content (AvgIpc) is 2.98. The van der Waals surface area contributed by atoms with Gasteiger partial charge in [0.2, 0.25) is 5.82 Å². The third-order valence-corrected chi connectivity index (χ3v) is 8.58. The van der Waals surface area contributed by atoms with Gasteiger partial charge in [0.05, 0.1) is 6.61 Å². The maximum absolute atomic E-state index is 15.2. The van der Waals surface area contributed by atoms with Crippen LogP contribution >= 0.6 is 0 Å². The van der Waals surface area contributed by atoms with Crippen LogP contribution in [-0.4, -0.2) is 6.61 Å². The molecule has 0 amide bonds. The molecule has 1 aliphatic carbocycles. The number of unbranched alkanes of at least 4 members (excludes halogenated alkanes) is 6. The van der Waals surface area contributed by atoms with Gasteiger partial charge in [-0.3, -0.25) is 0 Å². The Bertz CT molecular complexity index is 1200. The summed E-state index contributed by atoms with van der Waals surface area (Å²) in [6, 6.07) is 15.8. The maximum atomic E-state index is 15.2. The Morgan fingerprint density at radius 3 is 2.00 bits per heavy atom. The van der Waals surface area contributed by atoms with Crippen LogP contribution in [0.3, 0.4) is 0 Å². The van der Waals surface area contributed by atoms with E-state index in [0.29, 0.717) is 18.1 Å². The highest BCUT2D eigenvalue weighted by atomic mass is 19.2. The Kier molecular flexibility index (Phi) is 11.6. The Morgan fingerprint density at radius 1 is 0.650 bits per heavy atom. The monoisotopic (exact) mass is 550 g/mol. The molecule has 0 unspecified atom stereocenters. The first kappa shape index (κ1) is 30.2. The summed E-state index contributed by atoms with van der Waals surface area (Å²) in [6.07, 6.45) is 15.3. The fraction of sp³-hybridized carbons (Fsp3) is 0.500. The van der Waals surface area contributed by atoms with Gasteiger partial charge < -0.3 is 4.74 Å². The molecule has 0 heterocycles. The van der Waals surface area contributed by atoms with Crippen molar-refractivity contribution in [1.82, 2.24) is 0 Å². The lowest BCUT2D eigenvalue weighted by molar-refractivity contribution is 0.286. The molecule has 1 saturated carbocycles. The lowest BCUT2D eigenvalue weighted by atomic mass is 9.76. The number of hydrogen-bond donors (Lipinski definition) is 0. The minimum absolute atomic E-state index is 0.0552. The van der Waals surface area contributed by atoms with Crippen molar-refractivity contribution in [2.75, 3.05) is 6.61 Å². The second-order valence-corrected chi connectivity index (χ2v) is 11.5. The van der Waals surface area contributed by atoms with Crippen molar-refractivity contribution < 1.29 is 17.9 Å². The zero-order chi connectivity index (χ0) is 28.3. The van der Waals surface area contributed by atoms with Gasteiger partial charge in [-0.15, -0.1) is 0 Å². The Balaban J connectivity index is 1.35. The minimum Gasteiger partial charge on any atom is -0.490 e. The van der Waals surface area contributed by atoms with Crippen molar-refractivity contribution in [3.8, 4) is 28.0 Å². The molecular weight excluding hydrogens is 505 g/mol. The van der Waals surface area contributed by atoms with E-state index in [2.05, 4.69) is 13.8 Å². The summed E-state index contributed by atoms with van der Waals surface area (Å²) in [5.74, 6) is -0.984. The molecule has 0 aliphatic heterocycles. The smallest absolute Gasteiger partial charge is 0.201 e. The van der Waals surface area contributed by atoms with E-state index in [4.69, 9.17) is 4.74 Å². The van der Waals surface area contributed by atoms with Crippen LogP contribution in [0.15, 0.2) is 54.6 Å². The van der Waals surface area contributed by atoms with Gasteiger partial charge in [-0.05, 0) is 84.4 Å². The van der Waals surface area contributed by atoms with Crippen molar-refractivity contribution in [2.24, 2.45) is 5.92 Å². The van der Waals surface area contributed by atoms with Crippen LogP contribution in [0.5, 0.6) is 5.75 Å². The van der Waals surface area contributed by atoms with Gasteiger partial charge >= 0.3 is 0 Å². The van der Waals surface area contributed by atoms with E-state index in [1.54, 1.807) is 24.3 Å². The van der Waals surface area contributed by atoms with Crippen molar-refractivity contribution >= 4 is 0 Å². The number of rotatable bonds is 14. The molecule has 0 atom stereocenters. The quantitative estimate of drug-likeness (QED) is 0.181. The van der Waals surface area contributed by atoms with Crippen LogP contribution in [0, 0.1) is 23.4 Å². The van der Waals surface area contributed by atoms with Gasteiger partial charge in [0, 0.05) is 5.56 Å². The van der Waals surface area contributed by atoms with Gasteiger partial charge in [-0.1, -0.05) is 102 Å². The van der Waals surface area contributed by atoms with Gasteiger partial charge in [-0.2, -0.15) is 4.39 Å². The third kappa shape index (κ3) is 7.92. The molecule has 1 aliphatic rings. The van der Waals surface area contributed by atoms with Crippen LogP contribution < -0.4 is 4.74 Å². The van der Waals surface area contributed by atoms with Crippen molar-refractivity contribution in [3.05, 3.63) is 77.6 Å². The SMILES string of the molecule is CCCCCCCC1CCC(c2ccc(-c3ccc(-c4ccc(OCCCCC)c(F)c4F)cc3)cc2F)CC1. The highest BCUT2D eigenvalue weighted by Crippen LogP contribution is 2.40. The standard InChI is InChI=1S/C36H45F3O/c1-3-5-7-8-9-11-26-12-14-28(15-13-26)31-21-20-30(25-33(31)37)27-16-18-29(19-17-27)32-22-23-34(36(39)35(32)38)40-24-10-6-4-2/h16-23,25-26,28H,3-15,24H2,1-2H3. The molecule has 4 heteroatoms. The second kappa shape index (κ2) is 15.3. The average molecular weight is 551 g/mol. The maximum Gasteiger partial charge on any atom is 0.201 e.